The van der Waals surface area contributed by atoms with Crippen LogP contribution in [-0.4, -0.2) is 27.0 Å². The number of hydrogen-bond donors (Lipinski definition) is 1. The van der Waals surface area contributed by atoms with Gasteiger partial charge in [-0.3, -0.25) is 9.36 Å². The van der Waals surface area contributed by atoms with Crippen molar-refractivity contribution in [1.82, 2.24) is 14.5 Å². The number of carbonyl (C=O) groups excluding carboxylic acids is 1. The van der Waals surface area contributed by atoms with Crippen LogP contribution in [0.2, 0.25) is 10.0 Å². The number of para-hydroxylation sites is 1. The number of amides is 2. The van der Waals surface area contributed by atoms with E-state index in [2.05, 4.69) is 5.32 Å². The molecule has 0 aliphatic carbocycles. The number of benzene rings is 3. The van der Waals surface area contributed by atoms with Gasteiger partial charge in [0.2, 0.25) is 0 Å². The van der Waals surface area contributed by atoms with E-state index in [1.807, 2.05) is 63.2 Å². The molecule has 0 aliphatic rings. The molecule has 0 radical (unpaired) electrons. The number of urea groups is 1. The highest BCUT2D eigenvalue weighted by Gasteiger charge is 2.27. The molecule has 2 amide bonds. The van der Waals surface area contributed by atoms with Gasteiger partial charge in [-0.25, -0.2) is 9.78 Å². The lowest BCUT2D eigenvalue weighted by molar-refractivity contribution is 0.189. The van der Waals surface area contributed by atoms with Gasteiger partial charge in [-0.05, 0) is 62.7 Å². The number of hydrogen-bond acceptors (Lipinski definition) is 3. The van der Waals surface area contributed by atoms with Crippen molar-refractivity contribution in [3.05, 3.63) is 98.5 Å². The van der Waals surface area contributed by atoms with Crippen molar-refractivity contribution in [3.63, 3.8) is 0 Å². The molecular formula is C27H26Cl2N4O2. The molecule has 1 atom stereocenters. The highest BCUT2D eigenvalue weighted by Crippen LogP contribution is 2.28. The van der Waals surface area contributed by atoms with Crippen molar-refractivity contribution < 1.29 is 4.79 Å². The second-order valence-electron chi connectivity index (χ2n) is 8.39. The molecule has 0 fully saturated rings. The Morgan fingerprint density at radius 3 is 2.49 bits per heavy atom. The van der Waals surface area contributed by atoms with Gasteiger partial charge in [-0.1, -0.05) is 60.0 Å². The summed E-state index contributed by atoms with van der Waals surface area (Å²) < 4.78 is 1.59. The Kier molecular flexibility index (Phi) is 7.43. The number of carbonyl (C=O) groups is 1. The summed E-state index contributed by atoms with van der Waals surface area (Å²) in [5, 5.41) is 4.21. The van der Waals surface area contributed by atoms with Gasteiger partial charge in [0, 0.05) is 11.6 Å². The summed E-state index contributed by atoms with van der Waals surface area (Å²) in [5.41, 5.74) is 2.63. The maximum atomic E-state index is 13.6. The Hall–Kier alpha value is -3.35. The molecule has 35 heavy (non-hydrogen) atoms. The van der Waals surface area contributed by atoms with Crippen molar-refractivity contribution in [2.45, 2.75) is 33.2 Å². The van der Waals surface area contributed by atoms with Crippen LogP contribution < -0.4 is 10.9 Å². The van der Waals surface area contributed by atoms with Gasteiger partial charge in [0.25, 0.3) is 5.56 Å². The first-order valence-corrected chi connectivity index (χ1v) is 12.2. The van der Waals surface area contributed by atoms with E-state index in [-0.39, 0.29) is 11.6 Å². The minimum Gasteiger partial charge on any atom is -0.315 e. The number of anilines is 1. The minimum absolute atomic E-state index is 0.182. The van der Waals surface area contributed by atoms with E-state index in [4.69, 9.17) is 28.2 Å². The second-order valence-corrected chi connectivity index (χ2v) is 9.23. The molecule has 180 valence electrons. The van der Waals surface area contributed by atoms with E-state index < -0.39 is 6.04 Å². The third kappa shape index (κ3) is 5.19. The minimum atomic E-state index is -0.514. The molecule has 0 aliphatic heterocycles. The van der Waals surface area contributed by atoms with Crippen molar-refractivity contribution >= 4 is 45.8 Å². The molecule has 4 aromatic rings. The number of nitrogens with zero attached hydrogens (tertiary/aromatic N) is 3. The molecular weight excluding hydrogens is 483 g/mol. The summed E-state index contributed by atoms with van der Waals surface area (Å²) in [5.74, 6) is 0.475. The van der Waals surface area contributed by atoms with Crippen LogP contribution in [0.5, 0.6) is 0 Å². The van der Waals surface area contributed by atoms with Crippen molar-refractivity contribution in [1.29, 1.82) is 0 Å². The first kappa shape index (κ1) is 24.8. The fraction of sp³-hybridized carbons (Fsp3) is 0.222. The summed E-state index contributed by atoms with van der Waals surface area (Å²) in [6.07, 6.45) is 0.717. The predicted molar refractivity (Wildman–Crippen MR) is 143 cm³/mol. The zero-order valence-electron chi connectivity index (χ0n) is 19.8. The second kappa shape index (κ2) is 10.5. The largest absolute Gasteiger partial charge is 0.322 e. The van der Waals surface area contributed by atoms with Crippen molar-refractivity contribution in [2.75, 3.05) is 11.9 Å². The molecule has 1 unspecified atom stereocenters. The Bertz CT molecular complexity index is 1430. The monoisotopic (exact) mass is 508 g/mol. The Balaban J connectivity index is 1.82. The molecule has 1 heterocycles. The third-order valence-corrected chi connectivity index (χ3v) is 6.38. The number of fused-ring (bicyclic) bond motifs is 1. The lowest BCUT2D eigenvalue weighted by atomic mass is 10.1. The maximum Gasteiger partial charge on any atom is 0.322 e. The van der Waals surface area contributed by atoms with Crippen molar-refractivity contribution in [2.24, 2.45) is 0 Å². The predicted octanol–water partition coefficient (Wildman–Crippen LogP) is 7.01. The average molecular weight is 509 g/mol. The third-order valence-electron chi connectivity index (χ3n) is 5.83. The molecule has 1 aromatic heterocycles. The van der Waals surface area contributed by atoms with Crippen LogP contribution in [0.1, 0.15) is 37.7 Å². The standard InChI is InChI=1S/C27H26Cl2N4O2/c1-4-15-32(27(35)31-24-14-11-19(28)16-22(24)29)18(3)25-30-23-8-6-5-7-21(23)26(34)33(25)20-12-9-17(2)10-13-20/h5-14,16,18H,4,15H2,1-3H3,(H,31,35). The maximum absolute atomic E-state index is 13.6. The molecule has 0 saturated heterocycles. The summed E-state index contributed by atoms with van der Waals surface area (Å²) >= 11 is 12.3. The number of nitrogens with one attached hydrogen (secondary N) is 1. The van der Waals surface area contributed by atoms with Crippen LogP contribution in [0.25, 0.3) is 16.6 Å². The molecule has 4 rings (SSSR count). The Morgan fingerprint density at radius 2 is 1.80 bits per heavy atom. The topological polar surface area (TPSA) is 67.2 Å². The van der Waals surface area contributed by atoms with Crippen LogP contribution >= 0.6 is 23.2 Å². The van der Waals surface area contributed by atoms with Gasteiger partial charge in [-0.15, -0.1) is 0 Å². The van der Waals surface area contributed by atoms with Crippen LogP contribution in [0.15, 0.2) is 71.5 Å². The van der Waals surface area contributed by atoms with Crippen LogP contribution in [0, 0.1) is 6.92 Å². The highest BCUT2D eigenvalue weighted by molar-refractivity contribution is 6.36. The first-order chi connectivity index (χ1) is 16.8. The molecule has 3 aromatic carbocycles. The smallest absolute Gasteiger partial charge is 0.315 e. The van der Waals surface area contributed by atoms with E-state index >= 15 is 0 Å². The first-order valence-electron chi connectivity index (χ1n) is 11.4. The molecule has 6 nitrogen and oxygen atoms in total. The molecule has 1 N–H and O–H groups in total. The molecule has 0 bridgehead atoms. The summed E-state index contributed by atoms with van der Waals surface area (Å²) in [7, 11) is 0. The zero-order valence-corrected chi connectivity index (χ0v) is 21.3. The molecule has 0 saturated carbocycles. The molecule has 8 heteroatoms. The van der Waals surface area contributed by atoms with E-state index in [9.17, 15) is 9.59 Å². The van der Waals surface area contributed by atoms with E-state index in [1.165, 1.54) is 0 Å². The fourth-order valence-corrected chi connectivity index (χ4v) is 4.46. The van der Waals surface area contributed by atoms with E-state index in [1.54, 1.807) is 33.7 Å². The molecule has 0 spiro atoms. The van der Waals surface area contributed by atoms with Gasteiger partial charge in [0.15, 0.2) is 0 Å². The van der Waals surface area contributed by atoms with Crippen LogP contribution in [-0.2, 0) is 0 Å². The number of rotatable bonds is 6. The average Bonchev–Trinajstić information content (AvgIpc) is 2.84. The van der Waals surface area contributed by atoms with Gasteiger partial charge >= 0.3 is 6.03 Å². The quantitative estimate of drug-likeness (QED) is 0.304. The zero-order chi connectivity index (χ0) is 25.1. The fourth-order valence-electron chi connectivity index (χ4n) is 4.00. The number of aromatic nitrogens is 2. The van der Waals surface area contributed by atoms with E-state index in [0.717, 1.165) is 5.56 Å². The van der Waals surface area contributed by atoms with Gasteiger partial charge in [-0.2, -0.15) is 0 Å². The number of halogens is 2. The van der Waals surface area contributed by atoms with Gasteiger partial charge in [0.1, 0.15) is 5.82 Å². The van der Waals surface area contributed by atoms with Crippen molar-refractivity contribution in [3.8, 4) is 5.69 Å². The highest BCUT2D eigenvalue weighted by atomic mass is 35.5. The number of aryl methyl sites for hydroxylation is 1. The summed E-state index contributed by atoms with van der Waals surface area (Å²) in [4.78, 5) is 33.5. The van der Waals surface area contributed by atoms with Gasteiger partial charge < -0.3 is 10.2 Å². The lowest BCUT2D eigenvalue weighted by Crippen LogP contribution is -2.40. The Morgan fingerprint density at radius 1 is 1.09 bits per heavy atom. The summed E-state index contributed by atoms with van der Waals surface area (Å²) in [6.45, 7) is 6.31. The van der Waals surface area contributed by atoms with Crippen LogP contribution in [0.4, 0.5) is 10.5 Å². The summed E-state index contributed by atoms with van der Waals surface area (Å²) in [6, 6.07) is 19.0. The van der Waals surface area contributed by atoms with Gasteiger partial charge in [0.05, 0.1) is 33.3 Å². The normalized spacial score (nSPS) is 11.9. The SMILES string of the molecule is CCCN(C(=O)Nc1ccc(Cl)cc1Cl)C(C)c1nc2ccccc2c(=O)n1-c1ccc(C)cc1. The van der Waals surface area contributed by atoms with Crippen LogP contribution in [0.3, 0.4) is 0 Å². The van der Waals surface area contributed by atoms with E-state index in [0.29, 0.717) is 51.1 Å². The Labute approximate surface area is 214 Å². The lowest BCUT2D eigenvalue weighted by Gasteiger charge is -2.30.